The first-order valence-corrected chi connectivity index (χ1v) is 6.59. The molecule has 1 aromatic heterocycles. The molecular formula is C11H17BrN4O. The van der Waals surface area contributed by atoms with Gasteiger partial charge in [0.15, 0.2) is 0 Å². The average molecular weight is 301 g/mol. The van der Waals surface area contributed by atoms with Gasteiger partial charge in [-0.05, 0) is 23.0 Å². The third kappa shape index (κ3) is 3.54. The van der Waals surface area contributed by atoms with Crippen LogP contribution in [0.3, 0.4) is 0 Å². The highest BCUT2D eigenvalue weighted by Gasteiger charge is 2.18. The Labute approximate surface area is 110 Å². The lowest BCUT2D eigenvalue weighted by Crippen LogP contribution is -2.47. The first kappa shape index (κ1) is 12.6. The highest BCUT2D eigenvalue weighted by atomic mass is 79.9. The Balaban J connectivity index is 1.77. The zero-order valence-corrected chi connectivity index (χ0v) is 11.6. The third-order valence-electron chi connectivity index (χ3n) is 3.01. The molecule has 1 aliphatic rings. The first-order valence-electron chi connectivity index (χ1n) is 5.79. The fraction of sp³-hybridized carbons (Fsp3) is 0.636. The molecule has 0 N–H and O–H groups in total. The summed E-state index contributed by atoms with van der Waals surface area (Å²) in [7, 11) is 2.09. The standard InChI is InChI=1S/C11H17BrN4O/c1-14-4-6-15(7-5-14)11(17)2-3-16-9-10(12)8-13-16/h8-9H,2-7H2,1H3. The van der Waals surface area contributed by atoms with E-state index in [0.29, 0.717) is 13.0 Å². The smallest absolute Gasteiger partial charge is 0.224 e. The number of aryl methyl sites for hydroxylation is 1. The van der Waals surface area contributed by atoms with Gasteiger partial charge < -0.3 is 9.80 Å². The summed E-state index contributed by atoms with van der Waals surface area (Å²) in [5.41, 5.74) is 0. The second-order valence-electron chi connectivity index (χ2n) is 4.36. The van der Waals surface area contributed by atoms with E-state index in [0.717, 1.165) is 30.7 Å². The Kier molecular flexibility index (Phi) is 4.17. The molecule has 17 heavy (non-hydrogen) atoms. The van der Waals surface area contributed by atoms with E-state index < -0.39 is 0 Å². The van der Waals surface area contributed by atoms with Crippen LogP contribution in [0.25, 0.3) is 0 Å². The van der Waals surface area contributed by atoms with Crippen LogP contribution < -0.4 is 0 Å². The van der Waals surface area contributed by atoms with Crippen molar-refractivity contribution in [1.82, 2.24) is 19.6 Å². The molecule has 1 saturated heterocycles. The van der Waals surface area contributed by atoms with Crippen LogP contribution in [0.4, 0.5) is 0 Å². The lowest BCUT2D eigenvalue weighted by atomic mass is 10.3. The summed E-state index contributed by atoms with van der Waals surface area (Å²) in [6.45, 7) is 4.28. The number of likely N-dealkylation sites (N-methyl/N-ethyl adjacent to an activating group) is 1. The second kappa shape index (κ2) is 5.64. The molecule has 6 heteroatoms. The molecule has 0 bridgehead atoms. The predicted octanol–water partition coefficient (Wildman–Crippen LogP) is 0.810. The number of hydrogen-bond donors (Lipinski definition) is 0. The maximum Gasteiger partial charge on any atom is 0.224 e. The summed E-state index contributed by atoms with van der Waals surface area (Å²) in [5, 5.41) is 4.14. The SMILES string of the molecule is CN1CCN(C(=O)CCn2cc(Br)cn2)CC1. The molecule has 1 aliphatic heterocycles. The minimum atomic E-state index is 0.227. The second-order valence-corrected chi connectivity index (χ2v) is 5.27. The molecule has 1 fully saturated rings. The van der Waals surface area contributed by atoms with Gasteiger partial charge >= 0.3 is 0 Å². The van der Waals surface area contributed by atoms with Crippen molar-refractivity contribution in [2.45, 2.75) is 13.0 Å². The van der Waals surface area contributed by atoms with Crippen molar-refractivity contribution in [3.05, 3.63) is 16.9 Å². The van der Waals surface area contributed by atoms with Crippen molar-refractivity contribution >= 4 is 21.8 Å². The summed E-state index contributed by atoms with van der Waals surface area (Å²) in [5.74, 6) is 0.227. The number of rotatable bonds is 3. The fourth-order valence-electron chi connectivity index (χ4n) is 1.88. The van der Waals surface area contributed by atoms with Crippen LogP contribution in [0.1, 0.15) is 6.42 Å². The molecule has 0 unspecified atom stereocenters. The number of piperazine rings is 1. The van der Waals surface area contributed by atoms with Gasteiger partial charge in [-0.3, -0.25) is 9.48 Å². The fourth-order valence-corrected chi connectivity index (χ4v) is 2.21. The normalized spacial score (nSPS) is 17.4. The van der Waals surface area contributed by atoms with Crippen LogP contribution in [0.5, 0.6) is 0 Å². The average Bonchev–Trinajstić information content (AvgIpc) is 2.73. The van der Waals surface area contributed by atoms with E-state index in [9.17, 15) is 4.79 Å². The van der Waals surface area contributed by atoms with Gasteiger partial charge in [-0.25, -0.2) is 0 Å². The Morgan fingerprint density at radius 3 is 2.71 bits per heavy atom. The molecule has 5 nitrogen and oxygen atoms in total. The van der Waals surface area contributed by atoms with Gasteiger partial charge in [0.25, 0.3) is 0 Å². The quantitative estimate of drug-likeness (QED) is 0.829. The number of carbonyl (C=O) groups excluding carboxylic acids is 1. The zero-order valence-electron chi connectivity index (χ0n) is 9.97. The Morgan fingerprint density at radius 2 is 2.12 bits per heavy atom. The first-order chi connectivity index (χ1) is 8.15. The third-order valence-corrected chi connectivity index (χ3v) is 3.42. The molecule has 0 aliphatic carbocycles. The van der Waals surface area contributed by atoms with Crippen molar-refractivity contribution in [2.75, 3.05) is 33.2 Å². The van der Waals surface area contributed by atoms with E-state index in [-0.39, 0.29) is 5.91 Å². The van der Waals surface area contributed by atoms with Gasteiger partial charge in [-0.2, -0.15) is 5.10 Å². The van der Waals surface area contributed by atoms with Gasteiger partial charge in [0.2, 0.25) is 5.91 Å². The minimum absolute atomic E-state index is 0.227. The van der Waals surface area contributed by atoms with E-state index in [1.807, 2.05) is 11.1 Å². The topological polar surface area (TPSA) is 41.4 Å². The molecule has 1 aromatic rings. The van der Waals surface area contributed by atoms with Crippen molar-refractivity contribution in [1.29, 1.82) is 0 Å². The number of hydrogen-bond acceptors (Lipinski definition) is 3. The van der Waals surface area contributed by atoms with Crippen LogP contribution in [0.2, 0.25) is 0 Å². The Bertz CT molecular complexity index is 385. The van der Waals surface area contributed by atoms with Gasteiger partial charge in [0, 0.05) is 45.3 Å². The van der Waals surface area contributed by atoms with E-state index in [2.05, 4.69) is 33.0 Å². The highest BCUT2D eigenvalue weighted by molar-refractivity contribution is 9.10. The molecule has 0 aromatic carbocycles. The van der Waals surface area contributed by atoms with E-state index in [4.69, 9.17) is 0 Å². The predicted molar refractivity (Wildman–Crippen MR) is 68.6 cm³/mol. The monoisotopic (exact) mass is 300 g/mol. The van der Waals surface area contributed by atoms with Gasteiger partial charge in [0.05, 0.1) is 10.7 Å². The number of halogens is 1. The van der Waals surface area contributed by atoms with Gasteiger partial charge in [-0.1, -0.05) is 0 Å². The van der Waals surface area contributed by atoms with E-state index in [1.165, 1.54) is 0 Å². The number of aromatic nitrogens is 2. The van der Waals surface area contributed by atoms with Gasteiger partial charge in [0.1, 0.15) is 0 Å². The summed E-state index contributed by atoms with van der Waals surface area (Å²) in [6, 6.07) is 0. The summed E-state index contributed by atoms with van der Waals surface area (Å²) < 4.78 is 2.74. The molecule has 1 amide bonds. The Morgan fingerprint density at radius 1 is 1.41 bits per heavy atom. The molecule has 0 radical (unpaired) electrons. The number of nitrogens with zero attached hydrogens (tertiary/aromatic N) is 4. The van der Waals surface area contributed by atoms with Crippen molar-refractivity contribution in [2.24, 2.45) is 0 Å². The van der Waals surface area contributed by atoms with Crippen molar-refractivity contribution < 1.29 is 4.79 Å². The molecule has 2 heterocycles. The summed E-state index contributed by atoms with van der Waals surface area (Å²) >= 11 is 3.34. The summed E-state index contributed by atoms with van der Waals surface area (Å²) in [6.07, 6.45) is 4.15. The lowest BCUT2D eigenvalue weighted by Gasteiger charge is -2.32. The molecular weight excluding hydrogens is 284 g/mol. The molecule has 0 atom stereocenters. The van der Waals surface area contributed by atoms with Crippen LogP contribution in [-0.4, -0.2) is 58.7 Å². The van der Waals surface area contributed by atoms with E-state index >= 15 is 0 Å². The molecule has 2 rings (SSSR count). The van der Waals surface area contributed by atoms with Crippen molar-refractivity contribution in [3.8, 4) is 0 Å². The van der Waals surface area contributed by atoms with Crippen LogP contribution in [0, 0.1) is 0 Å². The minimum Gasteiger partial charge on any atom is -0.340 e. The van der Waals surface area contributed by atoms with Crippen LogP contribution >= 0.6 is 15.9 Å². The Hall–Kier alpha value is -0.880. The van der Waals surface area contributed by atoms with Crippen LogP contribution in [-0.2, 0) is 11.3 Å². The molecule has 94 valence electrons. The maximum absolute atomic E-state index is 11.9. The molecule has 0 saturated carbocycles. The van der Waals surface area contributed by atoms with Gasteiger partial charge in [-0.15, -0.1) is 0 Å². The molecule has 0 spiro atoms. The zero-order chi connectivity index (χ0) is 12.3. The van der Waals surface area contributed by atoms with Crippen LogP contribution in [0.15, 0.2) is 16.9 Å². The number of amides is 1. The van der Waals surface area contributed by atoms with E-state index in [1.54, 1.807) is 10.9 Å². The summed E-state index contributed by atoms with van der Waals surface area (Å²) in [4.78, 5) is 16.1. The van der Waals surface area contributed by atoms with Crippen molar-refractivity contribution in [3.63, 3.8) is 0 Å². The lowest BCUT2D eigenvalue weighted by molar-refractivity contribution is -0.133. The highest BCUT2D eigenvalue weighted by Crippen LogP contribution is 2.07. The maximum atomic E-state index is 11.9. The number of carbonyl (C=O) groups is 1. The largest absolute Gasteiger partial charge is 0.340 e.